The molecular formula is C13H19N3O2. The molecule has 18 heavy (non-hydrogen) atoms. The first-order chi connectivity index (χ1) is 8.72. The van der Waals surface area contributed by atoms with Gasteiger partial charge in [-0.1, -0.05) is 13.8 Å². The zero-order chi connectivity index (χ0) is 13.0. The molecule has 0 bridgehead atoms. The van der Waals surface area contributed by atoms with Crippen LogP contribution in [0.2, 0.25) is 0 Å². The van der Waals surface area contributed by atoms with Gasteiger partial charge in [-0.3, -0.25) is 4.57 Å². The van der Waals surface area contributed by atoms with E-state index in [1.807, 2.05) is 0 Å². The highest BCUT2D eigenvalue weighted by atomic mass is 16.4. The highest BCUT2D eigenvalue weighted by Gasteiger charge is 2.12. The van der Waals surface area contributed by atoms with Crippen LogP contribution in [0, 0.1) is 5.92 Å². The molecule has 0 saturated carbocycles. The van der Waals surface area contributed by atoms with Crippen LogP contribution in [0.1, 0.15) is 20.3 Å². The van der Waals surface area contributed by atoms with Gasteiger partial charge in [0.2, 0.25) is 0 Å². The zero-order valence-electron chi connectivity index (χ0n) is 10.8. The fraction of sp³-hybridized carbons (Fsp3) is 0.538. The number of pyridine rings is 1. The highest BCUT2D eigenvalue weighted by Crippen LogP contribution is 2.10. The Bertz CT molecular complexity index is 559. The average molecular weight is 249 g/mol. The Kier molecular flexibility index (Phi) is 4.15. The smallest absolute Gasteiger partial charge is 0.406 e. The maximum absolute atomic E-state index is 11.7. The minimum Gasteiger partial charge on any atom is -0.406 e. The van der Waals surface area contributed by atoms with E-state index in [1.165, 1.54) is 0 Å². The van der Waals surface area contributed by atoms with E-state index in [9.17, 15) is 4.79 Å². The summed E-state index contributed by atoms with van der Waals surface area (Å²) in [5.41, 5.74) is 1.18. The van der Waals surface area contributed by atoms with Crippen molar-refractivity contribution in [3.63, 3.8) is 0 Å². The number of aromatic nitrogens is 2. The summed E-state index contributed by atoms with van der Waals surface area (Å²) in [5, 5.41) is 3.35. The molecular weight excluding hydrogens is 230 g/mol. The summed E-state index contributed by atoms with van der Waals surface area (Å²) in [4.78, 5) is 15.9. The Labute approximate surface area is 106 Å². The fourth-order valence-corrected chi connectivity index (χ4v) is 1.96. The van der Waals surface area contributed by atoms with E-state index >= 15 is 0 Å². The van der Waals surface area contributed by atoms with E-state index in [0.29, 0.717) is 23.7 Å². The van der Waals surface area contributed by atoms with Gasteiger partial charge in [-0.05, 0) is 37.6 Å². The molecule has 1 unspecified atom stereocenters. The van der Waals surface area contributed by atoms with Crippen LogP contribution < -0.4 is 11.1 Å². The average Bonchev–Trinajstić information content (AvgIpc) is 2.67. The summed E-state index contributed by atoms with van der Waals surface area (Å²) in [6.07, 6.45) is 2.79. The van der Waals surface area contributed by atoms with E-state index in [-0.39, 0.29) is 5.76 Å². The molecule has 0 spiro atoms. The number of nitrogens with zero attached hydrogens (tertiary/aromatic N) is 2. The van der Waals surface area contributed by atoms with E-state index in [4.69, 9.17) is 4.42 Å². The van der Waals surface area contributed by atoms with Crippen LogP contribution in [-0.4, -0.2) is 22.6 Å². The van der Waals surface area contributed by atoms with Crippen molar-refractivity contribution in [3.8, 4) is 0 Å². The van der Waals surface area contributed by atoms with Crippen LogP contribution in [0.3, 0.4) is 0 Å². The molecule has 0 fully saturated rings. The molecule has 0 aliphatic carbocycles. The Morgan fingerprint density at radius 2 is 2.39 bits per heavy atom. The Morgan fingerprint density at radius 3 is 3.17 bits per heavy atom. The van der Waals surface area contributed by atoms with E-state index in [0.717, 1.165) is 19.5 Å². The molecule has 5 heteroatoms. The van der Waals surface area contributed by atoms with Crippen molar-refractivity contribution in [1.29, 1.82) is 0 Å². The second kappa shape index (κ2) is 5.82. The number of hydrogen-bond acceptors (Lipinski definition) is 4. The van der Waals surface area contributed by atoms with Crippen molar-refractivity contribution in [2.75, 3.05) is 13.1 Å². The number of fused-ring (bicyclic) bond motifs is 1. The number of nitrogens with one attached hydrogen (secondary N) is 1. The summed E-state index contributed by atoms with van der Waals surface area (Å²) in [6, 6.07) is 3.53. The molecule has 1 atom stereocenters. The van der Waals surface area contributed by atoms with Crippen LogP contribution in [0.5, 0.6) is 0 Å². The van der Waals surface area contributed by atoms with Gasteiger partial charge in [-0.2, -0.15) is 0 Å². The van der Waals surface area contributed by atoms with Crippen molar-refractivity contribution < 1.29 is 4.42 Å². The van der Waals surface area contributed by atoms with E-state index in [1.54, 1.807) is 22.9 Å². The van der Waals surface area contributed by atoms with Gasteiger partial charge in [0.05, 0.1) is 0 Å². The van der Waals surface area contributed by atoms with Crippen LogP contribution in [-0.2, 0) is 6.54 Å². The lowest BCUT2D eigenvalue weighted by molar-refractivity contribution is 0.417. The molecule has 2 aromatic rings. The molecule has 5 nitrogen and oxygen atoms in total. The van der Waals surface area contributed by atoms with Crippen LogP contribution in [0.15, 0.2) is 27.5 Å². The van der Waals surface area contributed by atoms with Crippen molar-refractivity contribution >= 4 is 11.2 Å². The first-order valence-electron chi connectivity index (χ1n) is 6.37. The Morgan fingerprint density at radius 1 is 1.56 bits per heavy atom. The maximum atomic E-state index is 11.7. The summed E-state index contributed by atoms with van der Waals surface area (Å²) >= 11 is 0. The standard InChI is InChI=1S/C13H19N3O2/c1-3-6-14-8-10(2)9-16-12-11(18-13(16)17)5-4-7-15-12/h4-5,7,10,14H,3,6,8-9H2,1-2H3. The summed E-state index contributed by atoms with van der Waals surface area (Å²) < 4.78 is 6.75. The SMILES string of the molecule is CCCNCC(C)Cn1c(=O)oc2cccnc21. The molecule has 1 N–H and O–H groups in total. The molecule has 0 aromatic carbocycles. The molecule has 0 aliphatic rings. The first-order valence-corrected chi connectivity index (χ1v) is 6.37. The van der Waals surface area contributed by atoms with E-state index < -0.39 is 0 Å². The Hall–Kier alpha value is -1.62. The van der Waals surface area contributed by atoms with Gasteiger partial charge in [0.25, 0.3) is 0 Å². The van der Waals surface area contributed by atoms with E-state index in [2.05, 4.69) is 24.1 Å². The van der Waals surface area contributed by atoms with Gasteiger partial charge in [0.1, 0.15) is 0 Å². The maximum Gasteiger partial charge on any atom is 0.421 e. The molecule has 98 valence electrons. The quantitative estimate of drug-likeness (QED) is 0.790. The lowest BCUT2D eigenvalue weighted by Gasteiger charge is -2.12. The molecule has 2 heterocycles. The lowest BCUT2D eigenvalue weighted by atomic mass is 10.2. The van der Waals surface area contributed by atoms with Crippen molar-refractivity contribution in [1.82, 2.24) is 14.9 Å². The number of rotatable bonds is 6. The van der Waals surface area contributed by atoms with Gasteiger partial charge in [0, 0.05) is 12.7 Å². The van der Waals surface area contributed by atoms with Crippen molar-refractivity contribution in [2.24, 2.45) is 5.92 Å². The third kappa shape index (κ3) is 2.79. The molecule has 2 aromatic heterocycles. The third-order valence-corrected chi connectivity index (χ3v) is 2.84. The lowest BCUT2D eigenvalue weighted by Crippen LogP contribution is -2.27. The summed E-state index contributed by atoms with van der Waals surface area (Å²) in [6.45, 7) is 6.76. The van der Waals surface area contributed by atoms with Gasteiger partial charge >= 0.3 is 5.76 Å². The van der Waals surface area contributed by atoms with Gasteiger partial charge in [-0.15, -0.1) is 0 Å². The minimum atomic E-state index is -0.328. The van der Waals surface area contributed by atoms with Gasteiger partial charge < -0.3 is 9.73 Å². The van der Waals surface area contributed by atoms with Gasteiger partial charge in [0.15, 0.2) is 11.2 Å². The molecule has 0 radical (unpaired) electrons. The predicted octanol–water partition coefficient (Wildman–Crippen LogP) is 1.63. The molecule has 0 aliphatic heterocycles. The number of oxazole rings is 1. The van der Waals surface area contributed by atoms with Gasteiger partial charge in [-0.25, -0.2) is 9.78 Å². The molecule has 0 saturated heterocycles. The second-order valence-electron chi connectivity index (χ2n) is 4.61. The van der Waals surface area contributed by atoms with Crippen molar-refractivity contribution in [2.45, 2.75) is 26.8 Å². The topological polar surface area (TPSA) is 60.1 Å². The fourth-order valence-electron chi connectivity index (χ4n) is 1.96. The summed E-state index contributed by atoms with van der Waals surface area (Å²) in [5.74, 6) is 0.0306. The number of hydrogen-bond donors (Lipinski definition) is 1. The molecule has 2 rings (SSSR count). The summed E-state index contributed by atoms with van der Waals surface area (Å²) in [7, 11) is 0. The third-order valence-electron chi connectivity index (χ3n) is 2.84. The molecule has 0 amide bonds. The van der Waals surface area contributed by atoms with Crippen LogP contribution in [0.25, 0.3) is 11.2 Å². The zero-order valence-corrected chi connectivity index (χ0v) is 10.8. The normalized spacial score (nSPS) is 13.0. The second-order valence-corrected chi connectivity index (χ2v) is 4.61. The van der Waals surface area contributed by atoms with Crippen LogP contribution in [0.4, 0.5) is 0 Å². The predicted molar refractivity (Wildman–Crippen MR) is 70.6 cm³/mol. The van der Waals surface area contributed by atoms with Crippen LogP contribution >= 0.6 is 0 Å². The first kappa shape index (κ1) is 12.8. The highest BCUT2D eigenvalue weighted by molar-refractivity contribution is 5.67. The largest absolute Gasteiger partial charge is 0.421 e. The van der Waals surface area contributed by atoms with Crippen molar-refractivity contribution in [3.05, 3.63) is 28.9 Å². The minimum absolute atomic E-state index is 0.328. The monoisotopic (exact) mass is 249 g/mol. The Balaban J connectivity index is 2.11.